The SMILES string of the molecule is CC(=O)N1CC(C(=O)NCc2coc(-c3cccs3)n2)Oc2ccccc21. The summed E-state index contributed by atoms with van der Waals surface area (Å²) < 4.78 is 11.2. The zero-order valence-corrected chi connectivity index (χ0v) is 15.4. The van der Waals surface area contributed by atoms with Crippen LogP contribution in [-0.2, 0) is 16.1 Å². The van der Waals surface area contributed by atoms with Crippen LogP contribution in [0.3, 0.4) is 0 Å². The number of hydrogen-bond donors (Lipinski definition) is 1. The minimum atomic E-state index is -0.785. The summed E-state index contributed by atoms with van der Waals surface area (Å²) in [7, 11) is 0. The first-order chi connectivity index (χ1) is 13.1. The van der Waals surface area contributed by atoms with Crippen molar-refractivity contribution in [1.82, 2.24) is 10.3 Å². The first-order valence-corrected chi connectivity index (χ1v) is 9.29. The smallest absolute Gasteiger partial charge is 0.263 e. The third-order valence-corrected chi connectivity index (χ3v) is 5.03. The molecule has 138 valence electrons. The first-order valence-electron chi connectivity index (χ1n) is 8.41. The molecule has 1 aliphatic rings. The van der Waals surface area contributed by atoms with Crippen LogP contribution in [0.25, 0.3) is 10.8 Å². The minimum Gasteiger partial charge on any atom is -0.477 e. The van der Waals surface area contributed by atoms with Crippen molar-refractivity contribution in [1.29, 1.82) is 0 Å². The van der Waals surface area contributed by atoms with Gasteiger partial charge in [-0.3, -0.25) is 9.59 Å². The van der Waals surface area contributed by atoms with E-state index in [1.54, 1.807) is 23.1 Å². The van der Waals surface area contributed by atoms with E-state index >= 15 is 0 Å². The van der Waals surface area contributed by atoms with Gasteiger partial charge in [-0.05, 0) is 23.6 Å². The molecule has 1 aromatic carbocycles. The summed E-state index contributed by atoms with van der Waals surface area (Å²) in [4.78, 5) is 31.3. The second kappa shape index (κ2) is 7.24. The van der Waals surface area contributed by atoms with E-state index < -0.39 is 6.10 Å². The van der Waals surface area contributed by atoms with Gasteiger partial charge in [0.15, 0.2) is 6.10 Å². The molecule has 1 unspecified atom stereocenters. The molecule has 0 saturated heterocycles. The summed E-state index contributed by atoms with van der Waals surface area (Å²) in [6.45, 7) is 1.85. The number of rotatable bonds is 4. The number of nitrogens with zero attached hydrogens (tertiary/aromatic N) is 2. The molecule has 3 aromatic rings. The zero-order valence-electron chi connectivity index (χ0n) is 14.5. The number of carbonyl (C=O) groups excluding carboxylic acids is 2. The Bertz CT molecular complexity index is 967. The Morgan fingerprint density at radius 1 is 1.30 bits per heavy atom. The fraction of sp³-hybridized carbons (Fsp3) is 0.211. The lowest BCUT2D eigenvalue weighted by molar-refractivity contribution is -0.128. The molecule has 0 aliphatic carbocycles. The largest absolute Gasteiger partial charge is 0.477 e. The number of anilines is 1. The van der Waals surface area contributed by atoms with Crippen LogP contribution in [0.4, 0.5) is 5.69 Å². The maximum atomic E-state index is 12.6. The van der Waals surface area contributed by atoms with Crippen molar-refractivity contribution in [2.24, 2.45) is 0 Å². The van der Waals surface area contributed by atoms with Crippen molar-refractivity contribution in [2.75, 3.05) is 11.4 Å². The lowest BCUT2D eigenvalue weighted by Crippen LogP contribution is -2.50. The van der Waals surface area contributed by atoms with Crippen molar-refractivity contribution in [3.8, 4) is 16.5 Å². The van der Waals surface area contributed by atoms with E-state index in [-0.39, 0.29) is 24.9 Å². The average Bonchev–Trinajstić information content (AvgIpc) is 3.36. The van der Waals surface area contributed by atoms with Gasteiger partial charge >= 0.3 is 0 Å². The molecular formula is C19H17N3O4S. The number of hydrogen-bond acceptors (Lipinski definition) is 6. The Labute approximate surface area is 159 Å². The molecule has 0 bridgehead atoms. The number of benzene rings is 1. The predicted molar refractivity (Wildman–Crippen MR) is 101 cm³/mol. The predicted octanol–water partition coefficient (Wildman–Crippen LogP) is 2.83. The van der Waals surface area contributed by atoms with Crippen molar-refractivity contribution < 1.29 is 18.7 Å². The van der Waals surface area contributed by atoms with Crippen LogP contribution in [0.2, 0.25) is 0 Å². The molecule has 0 fully saturated rings. The summed E-state index contributed by atoms with van der Waals surface area (Å²) in [6, 6.07) is 11.0. The molecule has 2 amide bonds. The molecule has 1 atom stereocenters. The molecule has 1 aliphatic heterocycles. The molecule has 1 N–H and O–H groups in total. The fourth-order valence-electron chi connectivity index (χ4n) is 2.86. The molecule has 2 aromatic heterocycles. The van der Waals surface area contributed by atoms with Crippen LogP contribution in [0, 0.1) is 0 Å². The summed E-state index contributed by atoms with van der Waals surface area (Å²) in [6.07, 6.45) is 0.737. The number of carbonyl (C=O) groups is 2. The third-order valence-electron chi connectivity index (χ3n) is 4.17. The molecule has 4 rings (SSSR count). The van der Waals surface area contributed by atoms with Gasteiger partial charge in [-0.2, -0.15) is 0 Å². The van der Waals surface area contributed by atoms with Crippen molar-refractivity contribution in [3.05, 3.63) is 53.7 Å². The van der Waals surface area contributed by atoms with E-state index in [9.17, 15) is 9.59 Å². The average molecular weight is 383 g/mol. The standard InChI is InChI=1S/C19H17N3O4S/c1-12(23)22-10-16(26-15-6-3-2-5-14(15)22)18(24)20-9-13-11-25-19(21-13)17-7-4-8-27-17/h2-8,11,16H,9-10H2,1H3,(H,20,24). The fourth-order valence-corrected chi connectivity index (χ4v) is 3.52. The Morgan fingerprint density at radius 3 is 2.93 bits per heavy atom. The number of amides is 2. The van der Waals surface area contributed by atoms with Gasteiger partial charge in [0.25, 0.3) is 5.91 Å². The number of nitrogens with one attached hydrogen (secondary N) is 1. The van der Waals surface area contributed by atoms with Gasteiger partial charge in [0, 0.05) is 6.92 Å². The van der Waals surface area contributed by atoms with Gasteiger partial charge in [0.2, 0.25) is 11.8 Å². The highest BCUT2D eigenvalue weighted by molar-refractivity contribution is 7.13. The van der Waals surface area contributed by atoms with Crippen LogP contribution < -0.4 is 15.0 Å². The van der Waals surface area contributed by atoms with Crippen molar-refractivity contribution in [2.45, 2.75) is 19.6 Å². The zero-order chi connectivity index (χ0) is 18.8. The van der Waals surface area contributed by atoms with Crippen molar-refractivity contribution in [3.63, 3.8) is 0 Å². The van der Waals surface area contributed by atoms with Crippen LogP contribution in [-0.4, -0.2) is 29.4 Å². The van der Waals surface area contributed by atoms with Crippen LogP contribution >= 0.6 is 11.3 Å². The number of thiophene rings is 1. The minimum absolute atomic E-state index is 0.138. The van der Waals surface area contributed by atoms with E-state index in [1.807, 2.05) is 23.6 Å². The Kier molecular flexibility index (Phi) is 4.64. The van der Waals surface area contributed by atoms with Crippen molar-refractivity contribution >= 4 is 28.8 Å². The molecule has 0 spiro atoms. The normalized spacial score (nSPS) is 15.7. The summed E-state index contributed by atoms with van der Waals surface area (Å²) in [5, 5.41) is 4.74. The topological polar surface area (TPSA) is 84.7 Å². The highest BCUT2D eigenvalue weighted by Crippen LogP contribution is 2.33. The van der Waals surface area contributed by atoms with E-state index in [1.165, 1.54) is 24.5 Å². The monoisotopic (exact) mass is 383 g/mol. The number of aromatic nitrogens is 1. The summed E-state index contributed by atoms with van der Waals surface area (Å²) >= 11 is 1.53. The number of para-hydroxylation sites is 2. The Balaban J connectivity index is 1.42. The Hall–Kier alpha value is -3.13. The molecule has 27 heavy (non-hydrogen) atoms. The summed E-state index contributed by atoms with van der Waals surface area (Å²) in [5.41, 5.74) is 1.29. The van der Waals surface area contributed by atoms with Gasteiger partial charge in [0.05, 0.1) is 29.3 Å². The van der Waals surface area contributed by atoms with Crippen LogP contribution in [0.1, 0.15) is 12.6 Å². The number of oxazole rings is 1. The highest BCUT2D eigenvalue weighted by atomic mass is 32.1. The molecular weight excluding hydrogens is 366 g/mol. The van der Waals surface area contributed by atoms with Gasteiger partial charge in [-0.15, -0.1) is 11.3 Å². The van der Waals surface area contributed by atoms with E-state index in [0.29, 0.717) is 23.0 Å². The lowest BCUT2D eigenvalue weighted by Gasteiger charge is -2.33. The van der Waals surface area contributed by atoms with Gasteiger partial charge < -0.3 is 19.4 Å². The number of fused-ring (bicyclic) bond motifs is 1. The quantitative estimate of drug-likeness (QED) is 0.749. The summed E-state index contributed by atoms with van der Waals surface area (Å²) in [5.74, 6) is 0.595. The Morgan fingerprint density at radius 2 is 2.15 bits per heavy atom. The van der Waals surface area contributed by atoms with Gasteiger partial charge in [-0.1, -0.05) is 18.2 Å². The maximum Gasteiger partial charge on any atom is 0.263 e. The molecule has 7 nitrogen and oxygen atoms in total. The van der Waals surface area contributed by atoms with E-state index in [0.717, 1.165) is 4.88 Å². The molecule has 0 saturated carbocycles. The lowest BCUT2D eigenvalue weighted by atomic mass is 10.1. The van der Waals surface area contributed by atoms with Gasteiger partial charge in [-0.25, -0.2) is 4.98 Å². The molecule has 8 heteroatoms. The second-order valence-electron chi connectivity index (χ2n) is 6.04. The molecule has 0 radical (unpaired) electrons. The maximum absolute atomic E-state index is 12.6. The van der Waals surface area contributed by atoms with Crippen LogP contribution in [0.5, 0.6) is 5.75 Å². The number of ether oxygens (including phenoxy) is 1. The van der Waals surface area contributed by atoms with Crippen LogP contribution in [0.15, 0.2) is 52.5 Å². The second-order valence-corrected chi connectivity index (χ2v) is 6.99. The van der Waals surface area contributed by atoms with Gasteiger partial charge in [0.1, 0.15) is 12.0 Å². The highest BCUT2D eigenvalue weighted by Gasteiger charge is 2.32. The van der Waals surface area contributed by atoms with E-state index in [4.69, 9.17) is 9.15 Å². The first kappa shape index (κ1) is 17.3. The molecule has 3 heterocycles. The van der Waals surface area contributed by atoms with E-state index in [2.05, 4.69) is 10.3 Å². The third kappa shape index (κ3) is 3.56.